The average Bonchev–Trinajstić information content (AvgIpc) is 2.37. The third-order valence-electron chi connectivity index (χ3n) is 4.55. The van der Waals surface area contributed by atoms with Crippen LogP contribution in [0.25, 0.3) is 0 Å². The van der Waals surface area contributed by atoms with Crippen LogP contribution in [0.2, 0.25) is 0 Å². The smallest absolute Gasteiger partial charge is 0.124 e. The van der Waals surface area contributed by atoms with Crippen LogP contribution in [0, 0.1) is 23.6 Å². The molecule has 0 spiro atoms. The Bertz CT molecular complexity index is 401. The van der Waals surface area contributed by atoms with E-state index >= 15 is 0 Å². The lowest BCUT2D eigenvalue weighted by Gasteiger charge is -2.35. The largest absolute Gasteiger partial charge is 0.330 e. The van der Waals surface area contributed by atoms with E-state index in [1.807, 2.05) is 6.07 Å². The Morgan fingerprint density at radius 3 is 2.68 bits per heavy atom. The van der Waals surface area contributed by atoms with Gasteiger partial charge in [0.1, 0.15) is 5.82 Å². The summed E-state index contributed by atoms with van der Waals surface area (Å²) in [5.74, 6) is 1.88. The lowest BCUT2D eigenvalue weighted by molar-refractivity contribution is 0.180. The zero-order chi connectivity index (χ0) is 13.8. The standard InChI is InChI=1S/C16H23BrFN/c1-2-11-3-4-13(10-19)14(5-11)6-12-7-15(17)9-16(18)8-12/h7-9,11,13-14H,2-6,10,19H2,1H3. The van der Waals surface area contributed by atoms with Gasteiger partial charge in [-0.2, -0.15) is 0 Å². The highest BCUT2D eigenvalue weighted by Gasteiger charge is 2.28. The quantitative estimate of drug-likeness (QED) is 0.863. The van der Waals surface area contributed by atoms with Gasteiger partial charge in [-0.05, 0) is 67.3 Å². The Labute approximate surface area is 123 Å². The Balaban J connectivity index is 2.09. The monoisotopic (exact) mass is 327 g/mol. The summed E-state index contributed by atoms with van der Waals surface area (Å²) in [5, 5.41) is 0. The van der Waals surface area contributed by atoms with Crippen LogP contribution < -0.4 is 5.73 Å². The summed E-state index contributed by atoms with van der Waals surface area (Å²) in [5.41, 5.74) is 7.00. The average molecular weight is 328 g/mol. The van der Waals surface area contributed by atoms with Crippen molar-refractivity contribution in [2.45, 2.75) is 39.0 Å². The maximum atomic E-state index is 13.4. The van der Waals surface area contributed by atoms with Gasteiger partial charge in [0.2, 0.25) is 0 Å². The second-order valence-electron chi connectivity index (χ2n) is 5.83. The summed E-state index contributed by atoms with van der Waals surface area (Å²) in [6.45, 7) is 3.03. The minimum Gasteiger partial charge on any atom is -0.330 e. The highest BCUT2D eigenvalue weighted by atomic mass is 79.9. The van der Waals surface area contributed by atoms with Crippen LogP contribution in [0.1, 0.15) is 38.2 Å². The van der Waals surface area contributed by atoms with Crippen LogP contribution >= 0.6 is 15.9 Å². The maximum absolute atomic E-state index is 13.4. The Morgan fingerprint density at radius 2 is 2.05 bits per heavy atom. The van der Waals surface area contributed by atoms with Crippen LogP contribution in [-0.4, -0.2) is 6.54 Å². The van der Waals surface area contributed by atoms with Gasteiger partial charge in [0, 0.05) is 4.47 Å². The van der Waals surface area contributed by atoms with E-state index < -0.39 is 0 Å². The lowest BCUT2D eigenvalue weighted by atomic mass is 9.71. The van der Waals surface area contributed by atoms with Crippen molar-refractivity contribution in [2.75, 3.05) is 6.54 Å². The molecule has 19 heavy (non-hydrogen) atoms. The predicted molar refractivity (Wildman–Crippen MR) is 81.5 cm³/mol. The summed E-state index contributed by atoms with van der Waals surface area (Å²) >= 11 is 3.37. The SMILES string of the molecule is CCC1CCC(CN)C(Cc2cc(F)cc(Br)c2)C1. The maximum Gasteiger partial charge on any atom is 0.124 e. The van der Waals surface area contributed by atoms with Crippen molar-refractivity contribution in [2.24, 2.45) is 23.5 Å². The predicted octanol–water partition coefficient (Wildman–Crippen LogP) is 4.53. The fourth-order valence-corrected chi connectivity index (χ4v) is 3.90. The van der Waals surface area contributed by atoms with Gasteiger partial charge in [-0.15, -0.1) is 0 Å². The highest BCUT2D eigenvalue weighted by molar-refractivity contribution is 9.10. The summed E-state index contributed by atoms with van der Waals surface area (Å²) in [6.07, 6.45) is 5.99. The Morgan fingerprint density at radius 1 is 1.26 bits per heavy atom. The van der Waals surface area contributed by atoms with Crippen molar-refractivity contribution in [1.29, 1.82) is 0 Å². The molecule has 0 aromatic heterocycles. The van der Waals surface area contributed by atoms with Gasteiger partial charge in [-0.1, -0.05) is 35.7 Å². The molecular formula is C16H23BrFN. The van der Waals surface area contributed by atoms with Gasteiger partial charge >= 0.3 is 0 Å². The van der Waals surface area contributed by atoms with Crippen molar-refractivity contribution in [3.63, 3.8) is 0 Å². The fraction of sp³-hybridized carbons (Fsp3) is 0.625. The minimum atomic E-state index is -0.156. The summed E-state index contributed by atoms with van der Waals surface area (Å²) in [4.78, 5) is 0. The third-order valence-corrected chi connectivity index (χ3v) is 5.01. The molecule has 3 atom stereocenters. The molecule has 1 aromatic rings. The number of hydrogen-bond donors (Lipinski definition) is 1. The topological polar surface area (TPSA) is 26.0 Å². The van der Waals surface area contributed by atoms with Gasteiger partial charge in [0.05, 0.1) is 0 Å². The van der Waals surface area contributed by atoms with Gasteiger partial charge in [-0.3, -0.25) is 0 Å². The molecule has 1 aromatic carbocycles. The first-order valence-electron chi connectivity index (χ1n) is 7.27. The first-order chi connectivity index (χ1) is 9.12. The molecule has 1 fully saturated rings. The first kappa shape index (κ1) is 15.0. The van der Waals surface area contributed by atoms with E-state index in [0.717, 1.165) is 28.9 Å². The van der Waals surface area contributed by atoms with Crippen molar-refractivity contribution in [3.8, 4) is 0 Å². The zero-order valence-corrected chi connectivity index (χ0v) is 13.1. The zero-order valence-electron chi connectivity index (χ0n) is 11.5. The van der Waals surface area contributed by atoms with E-state index in [4.69, 9.17) is 5.73 Å². The van der Waals surface area contributed by atoms with Crippen molar-refractivity contribution in [1.82, 2.24) is 0 Å². The van der Waals surface area contributed by atoms with Gasteiger partial charge in [-0.25, -0.2) is 4.39 Å². The minimum absolute atomic E-state index is 0.156. The number of hydrogen-bond acceptors (Lipinski definition) is 1. The van der Waals surface area contributed by atoms with Gasteiger partial charge < -0.3 is 5.73 Å². The van der Waals surface area contributed by atoms with Crippen LogP contribution in [0.3, 0.4) is 0 Å². The van der Waals surface area contributed by atoms with Crippen molar-refractivity contribution in [3.05, 3.63) is 34.1 Å². The second-order valence-corrected chi connectivity index (χ2v) is 6.74. The summed E-state index contributed by atoms with van der Waals surface area (Å²) < 4.78 is 14.3. The number of rotatable bonds is 4. The van der Waals surface area contributed by atoms with Crippen LogP contribution in [-0.2, 0) is 6.42 Å². The second kappa shape index (κ2) is 6.85. The third kappa shape index (κ3) is 4.03. The molecule has 0 radical (unpaired) electrons. The van der Waals surface area contributed by atoms with Crippen LogP contribution in [0.15, 0.2) is 22.7 Å². The Hall–Kier alpha value is -0.410. The molecule has 3 unspecified atom stereocenters. The Kier molecular flexibility index (Phi) is 5.40. The molecule has 1 aliphatic rings. The first-order valence-corrected chi connectivity index (χ1v) is 8.06. The summed E-state index contributed by atoms with van der Waals surface area (Å²) in [7, 11) is 0. The van der Waals surface area contributed by atoms with E-state index in [1.165, 1.54) is 31.7 Å². The van der Waals surface area contributed by atoms with Crippen LogP contribution in [0.4, 0.5) is 4.39 Å². The van der Waals surface area contributed by atoms with Gasteiger partial charge in [0.25, 0.3) is 0 Å². The molecule has 1 aliphatic carbocycles. The van der Waals surface area contributed by atoms with Crippen molar-refractivity contribution < 1.29 is 4.39 Å². The molecule has 1 nitrogen and oxygen atoms in total. The van der Waals surface area contributed by atoms with Gasteiger partial charge in [0.15, 0.2) is 0 Å². The molecule has 106 valence electrons. The van der Waals surface area contributed by atoms with E-state index in [0.29, 0.717) is 11.8 Å². The van der Waals surface area contributed by atoms with E-state index in [2.05, 4.69) is 22.9 Å². The van der Waals surface area contributed by atoms with Crippen LogP contribution in [0.5, 0.6) is 0 Å². The fourth-order valence-electron chi connectivity index (χ4n) is 3.39. The lowest BCUT2D eigenvalue weighted by Crippen LogP contribution is -2.31. The molecule has 2 rings (SSSR count). The molecule has 1 saturated carbocycles. The molecule has 0 aliphatic heterocycles. The molecular weight excluding hydrogens is 305 g/mol. The summed E-state index contributed by atoms with van der Waals surface area (Å²) in [6, 6.07) is 5.21. The highest BCUT2D eigenvalue weighted by Crippen LogP contribution is 2.37. The van der Waals surface area contributed by atoms with Crippen molar-refractivity contribution >= 4 is 15.9 Å². The molecule has 0 saturated heterocycles. The molecule has 0 heterocycles. The number of benzene rings is 1. The van der Waals surface area contributed by atoms with E-state index in [9.17, 15) is 4.39 Å². The number of nitrogens with two attached hydrogens (primary N) is 1. The van der Waals surface area contributed by atoms with E-state index in [-0.39, 0.29) is 5.82 Å². The van der Waals surface area contributed by atoms with E-state index in [1.54, 1.807) is 6.07 Å². The molecule has 3 heteroatoms. The molecule has 0 amide bonds. The molecule has 2 N–H and O–H groups in total. The number of halogens is 2. The normalized spacial score (nSPS) is 27.5. The molecule has 0 bridgehead atoms.